The highest BCUT2D eigenvalue weighted by atomic mass is 15.0. The molecule has 0 fully saturated rings. The molecule has 0 aromatic heterocycles. The minimum atomic E-state index is 0. The maximum absolute atomic E-state index is 3.54. The van der Waals surface area contributed by atoms with E-state index in [1.54, 1.807) is 0 Å². The highest BCUT2D eigenvalue weighted by Gasteiger charge is 2.29. The van der Waals surface area contributed by atoms with Crippen LogP contribution in [0.5, 0.6) is 0 Å². The van der Waals surface area contributed by atoms with Crippen LogP contribution in [0.3, 0.4) is 0 Å². The van der Waals surface area contributed by atoms with Crippen LogP contribution in [0.25, 0.3) is 0 Å². The van der Waals surface area contributed by atoms with Crippen molar-refractivity contribution in [2.24, 2.45) is 5.92 Å². The van der Waals surface area contributed by atoms with E-state index >= 15 is 0 Å². The van der Waals surface area contributed by atoms with Crippen LogP contribution in [0.15, 0.2) is 59.9 Å². The van der Waals surface area contributed by atoms with Crippen LogP contribution in [0.1, 0.15) is 21.7 Å². The van der Waals surface area contributed by atoms with Crippen molar-refractivity contribution >= 4 is 0 Å². The Morgan fingerprint density at radius 3 is 2.75 bits per heavy atom. The van der Waals surface area contributed by atoms with Gasteiger partial charge in [0.05, 0.1) is 6.04 Å². The second-order valence-corrected chi connectivity index (χ2v) is 3.88. The van der Waals surface area contributed by atoms with Gasteiger partial charge in [-0.25, -0.2) is 0 Å². The summed E-state index contributed by atoms with van der Waals surface area (Å²) in [5.41, 5.74) is 2.73. The average Bonchev–Trinajstić information content (AvgIpc) is 2.54. The molecule has 2 atom stereocenters. The topological polar surface area (TPSA) is 12.0 Å². The van der Waals surface area contributed by atoms with Crippen LogP contribution < -0.4 is 5.32 Å². The second-order valence-electron chi connectivity index (χ2n) is 3.88. The van der Waals surface area contributed by atoms with E-state index in [9.17, 15) is 0 Å². The third-order valence-electron chi connectivity index (χ3n) is 2.98. The van der Waals surface area contributed by atoms with Crippen molar-refractivity contribution in [3.05, 3.63) is 59.9 Å². The number of nitrogens with one attached hydrogen (secondary N) is 1. The van der Waals surface area contributed by atoms with Crippen LogP contribution in [-0.2, 0) is 0 Å². The summed E-state index contributed by atoms with van der Waals surface area (Å²) in [5, 5.41) is 3.54. The standard InChI is InChI=1S/C13H13N.C2H6.H2/c1-2-6-10-11-7-4-5-9-13(11)14-12(10)8-3-1;1-2;/h2-9,11,13-14H,1H2;1-2H3;1H. The molecule has 86 valence electrons. The Kier molecular flexibility index (Phi) is 3.45. The lowest BCUT2D eigenvalue weighted by atomic mass is 9.91. The molecular formula is C15H21N. The number of hydrogen-bond donors (Lipinski definition) is 1. The monoisotopic (exact) mass is 215 g/mol. The van der Waals surface area contributed by atoms with Crippen LogP contribution in [0, 0.1) is 5.92 Å². The molecule has 1 nitrogen and oxygen atoms in total. The van der Waals surface area contributed by atoms with Crippen molar-refractivity contribution in [1.82, 2.24) is 5.32 Å². The predicted molar refractivity (Wildman–Crippen MR) is 72.1 cm³/mol. The Labute approximate surface area is 99.4 Å². The van der Waals surface area contributed by atoms with E-state index in [0.717, 1.165) is 6.42 Å². The number of rotatable bonds is 0. The molecule has 0 bridgehead atoms. The summed E-state index contributed by atoms with van der Waals surface area (Å²) in [6.45, 7) is 4.00. The zero-order valence-corrected chi connectivity index (χ0v) is 9.98. The summed E-state index contributed by atoms with van der Waals surface area (Å²) in [4.78, 5) is 0. The number of fused-ring (bicyclic) bond motifs is 2. The van der Waals surface area contributed by atoms with Gasteiger partial charge in [0.15, 0.2) is 0 Å². The van der Waals surface area contributed by atoms with Gasteiger partial charge in [0, 0.05) is 13.0 Å². The lowest BCUT2D eigenvalue weighted by Gasteiger charge is -2.17. The van der Waals surface area contributed by atoms with Gasteiger partial charge in [-0.05, 0) is 18.1 Å². The molecule has 0 radical (unpaired) electrons. The number of hydrogen-bond acceptors (Lipinski definition) is 1. The van der Waals surface area contributed by atoms with Gasteiger partial charge in [0.2, 0.25) is 0 Å². The third kappa shape index (κ3) is 1.90. The summed E-state index contributed by atoms with van der Waals surface area (Å²) in [7, 11) is 0. The van der Waals surface area contributed by atoms with Crippen molar-refractivity contribution in [1.29, 1.82) is 0 Å². The SMILES string of the molecule is C1=CC2NC3=C(C=CCC=C3)C2C=C1.CC.[HH]. The molecule has 0 saturated carbocycles. The fourth-order valence-electron chi connectivity index (χ4n) is 2.29. The highest BCUT2D eigenvalue weighted by Crippen LogP contribution is 2.32. The molecule has 2 unspecified atom stereocenters. The van der Waals surface area contributed by atoms with E-state index in [0.29, 0.717) is 12.0 Å². The molecule has 0 amide bonds. The highest BCUT2D eigenvalue weighted by molar-refractivity contribution is 5.46. The van der Waals surface area contributed by atoms with Crippen molar-refractivity contribution < 1.29 is 1.43 Å². The van der Waals surface area contributed by atoms with Gasteiger partial charge in [0.25, 0.3) is 0 Å². The molecule has 3 aliphatic rings. The van der Waals surface area contributed by atoms with E-state index in [1.807, 2.05) is 13.8 Å². The molecule has 3 rings (SSSR count). The van der Waals surface area contributed by atoms with Crippen molar-refractivity contribution in [2.75, 3.05) is 0 Å². The molecule has 1 heteroatoms. The summed E-state index contributed by atoms with van der Waals surface area (Å²) in [6, 6.07) is 0.470. The van der Waals surface area contributed by atoms with Gasteiger partial charge in [-0.2, -0.15) is 0 Å². The van der Waals surface area contributed by atoms with Gasteiger partial charge in [-0.1, -0.05) is 56.4 Å². The maximum Gasteiger partial charge on any atom is 0.0551 e. The lowest BCUT2D eigenvalue weighted by Crippen LogP contribution is -2.26. The molecule has 1 heterocycles. The molecule has 1 aliphatic heterocycles. The van der Waals surface area contributed by atoms with E-state index < -0.39 is 0 Å². The molecule has 0 saturated heterocycles. The first kappa shape index (κ1) is 11.0. The minimum absolute atomic E-state index is 0. The summed E-state index contributed by atoms with van der Waals surface area (Å²) >= 11 is 0. The van der Waals surface area contributed by atoms with Crippen LogP contribution in [0.2, 0.25) is 0 Å². The van der Waals surface area contributed by atoms with Gasteiger partial charge in [0.1, 0.15) is 0 Å². The maximum atomic E-state index is 3.54. The number of allylic oxidation sites excluding steroid dienone is 6. The van der Waals surface area contributed by atoms with Crippen molar-refractivity contribution in [2.45, 2.75) is 26.3 Å². The zero-order chi connectivity index (χ0) is 11.4. The molecular weight excluding hydrogens is 194 g/mol. The average molecular weight is 215 g/mol. The van der Waals surface area contributed by atoms with E-state index in [-0.39, 0.29) is 1.43 Å². The quantitative estimate of drug-likeness (QED) is 0.649. The first-order chi connectivity index (χ1) is 7.95. The molecule has 2 aliphatic carbocycles. The predicted octanol–water partition coefficient (Wildman–Crippen LogP) is 3.74. The van der Waals surface area contributed by atoms with E-state index in [2.05, 4.69) is 53.9 Å². The van der Waals surface area contributed by atoms with Gasteiger partial charge in [-0.3, -0.25) is 0 Å². The molecule has 16 heavy (non-hydrogen) atoms. The Morgan fingerprint density at radius 1 is 1.12 bits per heavy atom. The van der Waals surface area contributed by atoms with E-state index in [4.69, 9.17) is 0 Å². The first-order valence-electron chi connectivity index (χ1n) is 6.14. The van der Waals surface area contributed by atoms with Crippen LogP contribution in [0.4, 0.5) is 0 Å². The smallest absolute Gasteiger partial charge is 0.0551 e. The van der Waals surface area contributed by atoms with Gasteiger partial charge < -0.3 is 5.32 Å². The molecule has 0 aromatic carbocycles. The summed E-state index contributed by atoms with van der Waals surface area (Å²) < 4.78 is 0. The molecule has 0 spiro atoms. The lowest BCUT2D eigenvalue weighted by molar-refractivity contribution is 0.632. The minimum Gasteiger partial charge on any atom is -0.378 e. The van der Waals surface area contributed by atoms with Crippen molar-refractivity contribution in [3.8, 4) is 0 Å². The molecule has 1 N–H and O–H groups in total. The Morgan fingerprint density at radius 2 is 1.88 bits per heavy atom. The van der Waals surface area contributed by atoms with Crippen LogP contribution in [-0.4, -0.2) is 6.04 Å². The first-order valence-corrected chi connectivity index (χ1v) is 6.14. The fourth-order valence-corrected chi connectivity index (χ4v) is 2.29. The second kappa shape index (κ2) is 5.02. The zero-order valence-electron chi connectivity index (χ0n) is 9.98. The van der Waals surface area contributed by atoms with Gasteiger partial charge >= 0.3 is 0 Å². The summed E-state index contributed by atoms with van der Waals surface area (Å²) in [6.07, 6.45) is 18.7. The summed E-state index contributed by atoms with van der Waals surface area (Å²) in [5.74, 6) is 0.536. The largest absolute Gasteiger partial charge is 0.378 e. The Hall–Kier alpha value is -1.50. The Balaban J connectivity index is 0.000000459. The van der Waals surface area contributed by atoms with Crippen molar-refractivity contribution in [3.63, 3.8) is 0 Å². The van der Waals surface area contributed by atoms with Gasteiger partial charge in [-0.15, -0.1) is 0 Å². The fraction of sp³-hybridized carbons (Fsp3) is 0.333. The normalized spacial score (nSPS) is 28.9. The third-order valence-corrected chi connectivity index (χ3v) is 2.98. The molecule has 0 aromatic rings. The van der Waals surface area contributed by atoms with E-state index in [1.165, 1.54) is 11.3 Å². The van der Waals surface area contributed by atoms with Crippen LogP contribution >= 0.6 is 0 Å². The Bertz CT molecular complexity index is 399.